The van der Waals surface area contributed by atoms with Gasteiger partial charge in [0.1, 0.15) is 0 Å². The zero-order chi connectivity index (χ0) is 15.2. The lowest BCUT2D eigenvalue weighted by Gasteiger charge is -2.36. The van der Waals surface area contributed by atoms with Gasteiger partial charge in [0, 0.05) is 52.4 Å². The average Bonchev–Trinajstić information content (AvgIpc) is 2.54. The number of piperazine rings is 1. The van der Waals surface area contributed by atoms with Gasteiger partial charge in [-0.1, -0.05) is 19.3 Å². The lowest BCUT2D eigenvalue weighted by Crippen LogP contribution is -2.54. The van der Waals surface area contributed by atoms with Gasteiger partial charge in [-0.25, -0.2) is 0 Å². The third kappa shape index (κ3) is 4.17. The maximum absolute atomic E-state index is 12.3. The van der Waals surface area contributed by atoms with Crippen LogP contribution in [0.25, 0.3) is 0 Å². The predicted octanol–water partition coefficient (Wildman–Crippen LogP) is -0.120. The normalized spacial score (nSPS) is 21.3. The van der Waals surface area contributed by atoms with Gasteiger partial charge < -0.3 is 15.5 Å². The summed E-state index contributed by atoms with van der Waals surface area (Å²) in [7, 11) is 1.78. The number of rotatable bonds is 3. The zero-order valence-corrected chi connectivity index (χ0v) is 13.1. The Balaban J connectivity index is 1.83. The van der Waals surface area contributed by atoms with E-state index in [-0.39, 0.29) is 17.9 Å². The van der Waals surface area contributed by atoms with E-state index in [9.17, 15) is 9.59 Å². The molecule has 2 rings (SSSR count). The number of nitrogens with two attached hydrogens (primary N) is 1. The van der Waals surface area contributed by atoms with Crippen molar-refractivity contribution in [1.82, 2.24) is 14.7 Å². The first-order chi connectivity index (χ1) is 10.1. The first kappa shape index (κ1) is 16.2. The van der Waals surface area contributed by atoms with Crippen LogP contribution in [-0.2, 0) is 9.59 Å². The Hall–Kier alpha value is -1.14. The number of nitrogens with zero attached hydrogens (tertiary/aromatic N) is 3. The second kappa shape index (κ2) is 7.75. The van der Waals surface area contributed by atoms with Crippen LogP contribution in [0.2, 0.25) is 0 Å². The smallest absolute Gasteiger partial charge is 0.312 e. The molecule has 1 saturated heterocycles. The average molecular weight is 296 g/mol. The molecule has 0 spiro atoms. The zero-order valence-electron chi connectivity index (χ0n) is 13.1. The van der Waals surface area contributed by atoms with Gasteiger partial charge in [-0.15, -0.1) is 0 Å². The number of carbonyl (C=O) groups excluding carboxylic acids is 2. The number of likely N-dealkylation sites (N-methyl/N-ethyl adjacent to an activating group) is 1. The van der Waals surface area contributed by atoms with Gasteiger partial charge in [-0.3, -0.25) is 14.5 Å². The largest absolute Gasteiger partial charge is 0.335 e. The van der Waals surface area contributed by atoms with E-state index >= 15 is 0 Å². The summed E-state index contributed by atoms with van der Waals surface area (Å²) >= 11 is 0. The van der Waals surface area contributed by atoms with E-state index in [1.54, 1.807) is 16.8 Å². The first-order valence-electron chi connectivity index (χ1n) is 8.12. The topological polar surface area (TPSA) is 69.9 Å². The highest BCUT2D eigenvalue weighted by molar-refractivity contribution is 6.34. The van der Waals surface area contributed by atoms with Gasteiger partial charge in [-0.2, -0.15) is 0 Å². The van der Waals surface area contributed by atoms with E-state index in [4.69, 9.17) is 5.73 Å². The Bertz CT molecular complexity index is 361. The van der Waals surface area contributed by atoms with Crippen LogP contribution in [0.4, 0.5) is 0 Å². The van der Waals surface area contributed by atoms with Crippen LogP contribution in [0.5, 0.6) is 0 Å². The van der Waals surface area contributed by atoms with Crippen molar-refractivity contribution in [3.8, 4) is 0 Å². The van der Waals surface area contributed by atoms with Crippen molar-refractivity contribution in [2.45, 2.75) is 38.1 Å². The van der Waals surface area contributed by atoms with Gasteiger partial charge in [0.2, 0.25) is 0 Å². The van der Waals surface area contributed by atoms with E-state index in [0.29, 0.717) is 19.6 Å². The molecule has 1 saturated carbocycles. The highest BCUT2D eigenvalue weighted by atomic mass is 16.2. The van der Waals surface area contributed by atoms with Crippen molar-refractivity contribution >= 4 is 11.8 Å². The molecule has 21 heavy (non-hydrogen) atoms. The lowest BCUT2D eigenvalue weighted by atomic mass is 9.94. The van der Waals surface area contributed by atoms with Gasteiger partial charge in [0.15, 0.2) is 0 Å². The number of carbonyl (C=O) groups is 2. The standard InChI is InChI=1S/C15H28N4O2/c1-17(13-5-3-2-4-6-13)14(20)15(21)19-11-9-18(8-7-16)10-12-19/h13H,2-12,16H2,1H3. The first-order valence-corrected chi connectivity index (χ1v) is 8.12. The van der Waals surface area contributed by atoms with Crippen LogP contribution in [0.15, 0.2) is 0 Å². The summed E-state index contributed by atoms with van der Waals surface area (Å²) in [5, 5.41) is 0. The summed E-state index contributed by atoms with van der Waals surface area (Å²) in [4.78, 5) is 30.3. The Morgan fingerprint density at radius 3 is 2.29 bits per heavy atom. The van der Waals surface area contributed by atoms with E-state index in [1.807, 2.05) is 0 Å². The second-order valence-corrected chi connectivity index (χ2v) is 6.13. The molecule has 0 radical (unpaired) electrons. The highest BCUT2D eigenvalue weighted by Gasteiger charge is 2.31. The van der Waals surface area contributed by atoms with Gasteiger partial charge in [0.25, 0.3) is 0 Å². The van der Waals surface area contributed by atoms with Crippen molar-refractivity contribution in [3.05, 3.63) is 0 Å². The highest BCUT2D eigenvalue weighted by Crippen LogP contribution is 2.22. The van der Waals surface area contributed by atoms with Gasteiger partial charge in [-0.05, 0) is 12.8 Å². The van der Waals surface area contributed by atoms with Gasteiger partial charge in [0.05, 0.1) is 0 Å². The molecule has 6 heteroatoms. The predicted molar refractivity (Wildman–Crippen MR) is 81.7 cm³/mol. The molecule has 2 N–H and O–H groups in total. The summed E-state index contributed by atoms with van der Waals surface area (Å²) in [6.07, 6.45) is 5.62. The van der Waals surface area contributed by atoms with Crippen LogP contribution >= 0.6 is 0 Å². The molecule has 120 valence electrons. The quantitative estimate of drug-likeness (QED) is 0.737. The van der Waals surface area contributed by atoms with Crippen LogP contribution in [-0.4, -0.2) is 78.9 Å². The summed E-state index contributed by atoms with van der Waals surface area (Å²) in [6, 6.07) is 0.244. The molecule has 1 heterocycles. The molecular formula is C15H28N4O2. The SMILES string of the molecule is CN(C(=O)C(=O)N1CCN(CCN)CC1)C1CCCCC1. The van der Waals surface area contributed by atoms with E-state index in [0.717, 1.165) is 45.3 Å². The summed E-state index contributed by atoms with van der Waals surface area (Å²) < 4.78 is 0. The van der Waals surface area contributed by atoms with Crippen LogP contribution in [0.3, 0.4) is 0 Å². The fourth-order valence-corrected chi connectivity index (χ4v) is 3.28. The third-order valence-electron chi connectivity index (χ3n) is 4.73. The molecule has 0 aromatic carbocycles. The molecule has 0 aromatic rings. The minimum Gasteiger partial charge on any atom is -0.335 e. The third-order valence-corrected chi connectivity index (χ3v) is 4.73. The van der Waals surface area contributed by atoms with E-state index in [2.05, 4.69) is 4.90 Å². The molecule has 2 amide bonds. The van der Waals surface area contributed by atoms with E-state index < -0.39 is 0 Å². The fourth-order valence-electron chi connectivity index (χ4n) is 3.28. The Morgan fingerprint density at radius 2 is 1.71 bits per heavy atom. The Morgan fingerprint density at radius 1 is 1.10 bits per heavy atom. The molecule has 1 aliphatic carbocycles. The maximum Gasteiger partial charge on any atom is 0.312 e. The monoisotopic (exact) mass is 296 g/mol. The summed E-state index contributed by atoms with van der Waals surface area (Å²) in [5.74, 6) is -0.676. The van der Waals surface area contributed by atoms with Crippen molar-refractivity contribution in [2.24, 2.45) is 5.73 Å². The maximum atomic E-state index is 12.3. The van der Waals surface area contributed by atoms with Crippen molar-refractivity contribution < 1.29 is 9.59 Å². The molecule has 0 bridgehead atoms. The minimum absolute atomic E-state index is 0.244. The van der Waals surface area contributed by atoms with Crippen molar-refractivity contribution in [2.75, 3.05) is 46.3 Å². The number of hydrogen-bond acceptors (Lipinski definition) is 4. The van der Waals surface area contributed by atoms with E-state index in [1.165, 1.54) is 6.42 Å². The second-order valence-electron chi connectivity index (χ2n) is 6.13. The Labute approximate surface area is 127 Å². The molecule has 0 atom stereocenters. The van der Waals surface area contributed by atoms with Crippen LogP contribution in [0.1, 0.15) is 32.1 Å². The number of hydrogen-bond donors (Lipinski definition) is 1. The molecule has 6 nitrogen and oxygen atoms in total. The van der Waals surface area contributed by atoms with Crippen LogP contribution in [0, 0.1) is 0 Å². The van der Waals surface area contributed by atoms with Crippen LogP contribution < -0.4 is 5.73 Å². The summed E-state index contributed by atoms with van der Waals surface area (Å²) in [6.45, 7) is 4.37. The van der Waals surface area contributed by atoms with Crippen molar-refractivity contribution in [3.63, 3.8) is 0 Å². The van der Waals surface area contributed by atoms with Crippen molar-refractivity contribution in [1.29, 1.82) is 0 Å². The number of amides is 2. The lowest BCUT2D eigenvalue weighted by molar-refractivity contribution is -0.153. The molecule has 0 unspecified atom stereocenters. The molecule has 1 aliphatic heterocycles. The molecule has 0 aromatic heterocycles. The molecule has 2 aliphatic rings. The summed E-state index contributed by atoms with van der Waals surface area (Å²) in [5.41, 5.74) is 5.54. The molecular weight excluding hydrogens is 268 g/mol. The van der Waals surface area contributed by atoms with Gasteiger partial charge >= 0.3 is 11.8 Å². The molecule has 2 fully saturated rings. The fraction of sp³-hybridized carbons (Fsp3) is 0.867. The Kier molecular flexibility index (Phi) is 5.99. The minimum atomic E-state index is -0.339.